The van der Waals surface area contributed by atoms with Crippen molar-refractivity contribution < 1.29 is 9.59 Å². The van der Waals surface area contributed by atoms with E-state index in [9.17, 15) is 9.59 Å². The Morgan fingerprint density at radius 2 is 2.00 bits per heavy atom. The van der Waals surface area contributed by atoms with Crippen LogP contribution in [0.1, 0.15) is 26.7 Å². The van der Waals surface area contributed by atoms with Crippen LogP contribution in [0, 0.1) is 17.8 Å². The van der Waals surface area contributed by atoms with Crippen molar-refractivity contribution in [2.24, 2.45) is 17.8 Å². The quantitative estimate of drug-likeness (QED) is 0.571. The third kappa shape index (κ3) is 2.73. The summed E-state index contributed by atoms with van der Waals surface area (Å²) in [6, 6.07) is 0. The minimum Gasteiger partial charge on any atom is -0.309 e. The molecule has 0 bridgehead atoms. The van der Waals surface area contributed by atoms with E-state index in [2.05, 4.69) is 24.8 Å². The molecule has 1 fully saturated rings. The lowest BCUT2D eigenvalue weighted by molar-refractivity contribution is -0.140. The van der Waals surface area contributed by atoms with Crippen molar-refractivity contribution in [1.82, 2.24) is 9.80 Å². The second kappa shape index (κ2) is 5.45. The standard InChI is InChI=1S/C15H24N2O2/c1-10-8-11(2)13-12(9-10)14(18)17(15(13)19)7-5-6-16(3)4/h8,11-13H,5-7,9H2,1-4H3/t11-,12+,13+/m1/s1. The van der Waals surface area contributed by atoms with Gasteiger partial charge in [0.2, 0.25) is 11.8 Å². The third-order valence-electron chi connectivity index (χ3n) is 4.21. The first-order valence-electron chi connectivity index (χ1n) is 7.09. The van der Waals surface area contributed by atoms with Gasteiger partial charge >= 0.3 is 0 Å². The fourth-order valence-corrected chi connectivity index (χ4v) is 3.35. The van der Waals surface area contributed by atoms with Gasteiger partial charge in [0.1, 0.15) is 0 Å². The summed E-state index contributed by atoms with van der Waals surface area (Å²) in [4.78, 5) is 28.4. The van der Waals surface area contributed by atoms with Crippen molar-refractivity contribution in [2.75, 3.05) is 27.2 Å². The summed E-state index contributed by atoms with van der Waals surface area (Å²) in [6.07, 6.45) is 3.75. The van der Waals surface area contributed by atoms with Crippen LogP contribution < -0.4 is 0 Å². The van der Waals surface area contributed by atoms with E-state index in [1.807, 2.05) is 14.1 Å². The second-order valence-electron chi connectivity index (χ2n) is 6.19. The van der Waals surface area contributed by atoms with Crippen LogP contribution in [0.25, 0.3) is 0 Å². The Kier molecular flexibility index (Phi) is 4.09. The highest BCUT2D eigenvalue weighted by molar-refractivity contribution is 6.05. The number of hydrogen-bond acceptors (Lipinski definition) is 3. The Labute approximate surface area is 115 Å². The first-order chi connectivity index (χ1) is 8.91. The van der Waals surface area contributed by atoms with Gasteiger partial charge in [-0.05, 0) is 46.3 Å². The molecule has 1 aliphatic heterocycles. The highest BCUT2D eigenvalue weighted by Crippen LogP contribution is 2.40. The zero-order valence-electron chi connectivity index (χ0n) is 12.3. The first kappa shape index (κ1) is 14.3. The average Bonchev–Trinajstić information content (AvgIpc) is 2.53. The zero-order chi connectivity index (χ0) is 14.2. The van der Waals surface area contributed by atoms with E-state index in [1.165, 1.54) is 10.5 Å². The zero-order valence-corrected chi connectivity index (χ0v) is 12.3. The fraction of sp³-hybridized carbons (Fsp3) is 0.733. The number of carbonyl (C=O) groups excluding carboxylic acids is 2. The van der Waals surface area contributed by atoms with Crippen molar-refractivity contribution >= 4 is 11.8 Å². The van der Waals surface area contributed by atoms with E-state index < -0.39 is 0 Å². The number of nitrogens with zero attached hydrogens (tertiary/aromatic N) is 2. The molecule has 0 aromatic heterocycles. The van der Waals surface area contributed by atoms with E-state index >= 15 is 0 Å². The van der Waals surface area contributed by atoms with Gasteiger partial charge in [-0.1, -0.05) is 18.6 Å². The van der Waals surface area contributed by atoms with Crippen molar-refractivity contribution in [2.45, 2.75) is 26.7 Å². The van der Waals surface area contributed by atoms with Crippen LogP contribution in [0.4, 0.5) is 0 Å². The van der Waals surface area contributed by atoms with Crippen LogP contribution in [0.5, 0.6) is 0 Å². The van der Waals surface area contributed by atoms with Gasteiger partial charge in [-0.3, -0.25) is 14.5 Å². The van der Waals surface area contributed by atoms with Gasteiger partial charge in [0.05, 0.1) is 11.8 Å². The van der Waals surface area contributed by atoms with E-state index in [-0.39, 0.29) is 29.6 Å². The van der Waals surface area contributed by atoms with E-state index in [0.29, 0.717) is 6.54 Å². The van der Waals surface area contributed by atoms with Gasteiger partial charge in [-0.25, -0.2) is 0 Å². The molecule has 0 aromatic carbocycles. The van der Waals surface area contributed by atoms with Gasteiger partial charge < -0.3 is 4.90 Å². The normalized spacial score (nSPS) is 30.9. The summed E-state index contributed by atoms with van der Waals surface area (Å²) in [5, 5.41) is 0. The number of allylic oxidation sites excluding steroid dienone is 2. The summed E-state index contributed by atoms with van der Waals surface area (Å²) < 4.78 is 0. The number of fused-ring (bicyclic) bond motifs is 1. The maximum Gasteiger partial charge on any atom is 0.233 e. The molecule has 2 rings (SSSR count). The summed E-state index contributed by atoms with van der Waals surface area (Å²) in [5.41, 5.74) is 1.24. The molecule has 2 amide bonds. The van der Waals surface area contributed by atoms with Crippen molar-refractivity contribution in [1.29, 1.82) is 0 Å². The van der Waals surface area contributed by atoms with Crippen LogP contribution in [-0.2, 0) is 9.59 Å². The topological polar surface area (TPSA) is 40.6 Å². The molecule has 1 saturated heterocycles. The molecule has 106 valence electrons. The lowest BCUT2D eigenvalue weighted by Gasteiger charge is -2.25. The smallest absolute Gasteiger partial charge is 0.233 e. The number of likely N-dealkylation sites (tertiary alicyclic amines) is 1. The number of rotatable bonds is 4. The molecule has 0 unspecified atom stereocenters. The van der Waals surface area contributed by atoms with Crippen LogP contribution in [0.15, 0.2) is 11.6 Å². The molecule has 3 atom stereocenters. The Bertz CT molecular complexity index is 414. The molecule has 4 heteroatoms. The average molecular weight is 264 g/mol. The molecule has 4 nitrogen and oxygen atoms in total. The predicted molar refractivity (Wildman–Crippen MR) is 74.4 cm³/mol. The highest BCUT2D eigenvalue weighted by atomic mass is 16.2. The predicted octanol–water partition coefficient (Wildman–Crippen LogP) is 1.53. The first-order valence-corrected chi connectivity index (χ1v) is 7.09. The van der Waals surface area contributed by atoms with E-state index in [0.717, 1.165) is 19.4 Å². The molecule has 0 N–H and O–H groups in total. The fourth-order valence-electron chi connectivity index (χ4n) is 3.35. The van der Waals surface area contributed by atoms with Gasteiger partial charge in [0.15, 0.2) is 0 Å². The monoisotopic (exact) mass is 264 g/mol. The van der Waals surface area contributed by atoms with Gasteiger partial charge in [-0.2, -0.15) is 0 Å². The minimum atomic E-state index is -0.115. The van der Waals surface area contributed by atoms with E-state index in [4.69, 9.17) is 0 Å². The number of amides is 2. The van der Waals surface area contributed by atoms with Crippen molar-refractivity contribution in [3.63, 3.8) is 0 Å². The summed E-state index contributed by atoms with van der Waals surface area (Å²) in [7, 11) is 4.01. The second-order valence-corrected chi connectivity index (χ2v) is 6.19. The third-order valence-corrected chi connectivity index (χ3v) is 4.21. The van der Waals surface area contributed by atoms with Gasteiger partial charge in [0, 0.05) is 6.54 Å². The van der Waals surface area contributed by atoms with Gasteiger partial charge in [0.25, 0.3) is 0 Å². The summed E-state index contributed by atoms with van der Waals surface area (Å²) >= 11 is 0. The van der Waals surface area contributed by atoms with Gasteiger partial charge in [-0.15, -0.1) is 0 Å². The lowest BCUT2D eigenvalue weighted by atomic mass is 9.76. The number of carbonyl (C=O) groups is 2. The van der Waals surface area contributed by atoms with Crippen molar-refractivity contribution in [3.8, 4) is 0 Å². The molecule has 1 aliphatic carbocycles. The molecule has 1 heterocycles. The van der Waals surface area contributed by atoms with Crippen LogP contribution >= 0.6 is 0 Å². The molecule has 0 radical (unpaired) electrons. The Balaban J connectivity index is 2.06. The number of imide groups is 1. The summed E-state index contributed by atoms with van der Waals surface area (Å²) in [5.74, 6) is 0.0644. The Morgan fingerprint density at radius 3 is 2.63 bits per heavy atom. The molecule has 0 saturated carbocycles. The molecule has 2 aliphatic rings. The van der Waals surface area contributed by atoms with Crippen LogP contribution in [0.3, 0.4) is 0 Å². The maximum absolute atomic E-state index is 12.4. The Hall–Kier alpha value is -1.16. The minimum absolute atomic E-state index is 0.0463. The SMILES string of the molecule is CC1=C[C@@H](C)[C@@H]2C(=O)N(CCCN(C)C)C(=O)[C@H]2C1. The highest BCUT2D eigenvalue weighted by Gasteiger charge is 2.50. The lowest BCUT2D eigenvalue weighted by Crippen LogP contribution is -2.34. The Morgan fingerprint density at radius 1 is 1.32 bits per heavy atom. The molecular formula is C15H24N2O2. The molecule has 0 spiro atoms. The van der Waals surface area contributed by atoms with Crippen LogP contribution in [-0.4, -0.2) is 48.8 Å². The van der Waals surface area contributed by atoms with E-state index in [1.54, 1.807) is 0 Å². The van der Waals surface area contributed by atoms with Crippen LogP contribution in [0.2, 0.25) is 0 Å². The largest absolute Gasteiger partial charge is 0.309 e. The molecule has 0 aromatic rings. The summed E-state index contributed by atoms with van der Waals surface area (Å²) in [6.45, 7) is 5.57. The molecule has 19 heavy (non-hydrogen) atoms. The van der Waals surface area contributed by atoms with Crippen molar-refractivity contribution in [3.05, 3.63) is 11.6 Å². The molecular weight excluding hydrogens is 240 g/mol. The number of hydrogen-bond donors (Lipinski definition) is 0. The maximum atomic E-state index is 12.4.